The molecule has 0 heterocycles. The Balaban J connectivity index is 2.80. The third-order valence-corrected chi connectivity index (χ3v) is 2.45. The van der Waals surface area contributed by atoms with Gasteiger partial charge in [0.15, 0.2) is 6.04 Å². The minimum absolute atomic E-state index is 0.0691. The van der Waals surface area contributed by atoms with E-state index in [1.807, 2.05) is 0 Å². The summed E-state index contributed by atoms with van der Waals surface area (Å²) in [6, 6.07) is 2.19. The summed E-state index contributed by atoms with van der Waals surface area (Å²) in [6.45, 7) is -0.681. The molecule has 110 valence electrons. The molecule has 1 amide bonds. The highest BCUT2D eigenvalue weighted by Crippen LogP contribution is 2.29. The smallest absolute Gasteiger partial charge is 0.416 e. The van der Waals surface area contributed by atoms with Gasteiger partial charge >= 0.3 is 12.1 Å². The molecule has 0 aliphatic carbocycles. The number of esters is 1. The van der Waals surface area contributed by atoms with Gasteiger partial charge in [-0.2, -0.15) is 13.2 Å². The molecule has 0 fully saturated rings. The number of carbonyl (C=O) groups excluding carboxylic acids is 2. The van der Waals surface area contributed by atoms with Crippen LogP contribution in [-0.4, -0.2) is 36.7 Å². The number of carbonyl (C=O) groups is 2. The molecule has 0 aromatic heterocycles. The number of alkyl halides is 3. The first kappa shape index (κ1) is 16.0. The van der Waals surface area contributed by atoms with Crippen LogP contribution in [0.25, 0.3) is 0 Å². The Labute approximate surface area is 112 Å². The molecule has 20 heavy (non-hydrogen) atoms. The van der Waals surface area contributed by atoms with Crippen molar-refractivity contribution in [3.63, 3.8) is 0 Å². The van der Waals surface area contributed by atoms with Gasteiger partial charge in [-0.1, -0.05) is 0 Å². The average Bonchev–Trinajstić information content (AvgIpc) is 2.42. The second kappa shape index (κ2) is 6.38. The fraction of sp³-hybridized carbons (Fsp3) is 0.333. The molecular weight excluding hydrogens is 279 g/mol. The van der Waals surface area contributed by atoms with Crippen molar-refractivity contribution in [1.82, 2.24) is 5.32 Å². The van der Waals surface area contributed by atoms with Gasteiger partial charge < -0.3 is 15.2 Å². The number of nitrogens with one attached hydrogen (secondary N) is 1. The zero-order valence-electron chi connectivity index (χ0n) is 10.4. The molecular formula is C12H12F3NO4. The van der Waals surface area contributed by atoms with Crippen LogP contribution in [0.5, 0.6) is 0 Å². The monoisotopic (exact) mass is 291 g/mol. The van der Waals surface area contributed by atoms with Crippen LogP contribution >= 0.6 is 0 Å². The lowest BCUT2D eigenvalue weighted by Gasteiger charge is -2.14. The van der Waals surface area contributed by atoms with Crippen molar-refractivity contribution in [2.24, 2.45) is 0 Å². The normalized spacial score (nSPS) is 12.7. The standard InChI is InChI=1S/C12H12F3NO4/c1-20-11(19)9(6-17)16-10(18)7-2-4-8(5-3-7)12(13,14)15/h2-5,9,17H,6H2,1H3,(H,16,18)/t9-/m1/s1. The molecule has 0 unspecified atom stereocenters. The maximum atomic E-state index is 12.3. The summed E-state index contributed by atoms with van der Waals surface area (Å²) in [5.41, 5.74) is -0.957. The molecule has 5 nitrogen and oxygen atoms in total. The molecule has 0 aliphatic rings. The van der Waals surface area contributed by atoms with Gasteiger partial charge in [0.25, 0.3) is 5.91 Å². The maximum absolute atomic E-state index is 12.3. The SMILES string of the molecule is COC(=O)[C@@H](CO)NC(=O)c1ccc(C(F)(F)F)cc1. The largest absolute Gasteiger partial charge is 0.467 e. The number of aliphatic hydroxyl groups excluding tert-OH is 1. The van der Waals surface area contributed by atoms with E-state index < -0.39 is 36.3 Å². The van der Waals surface area contributed by atoms with Crippen LogP contribution in [0.3, 0.4) is 0 Å². The van der Waals surface area contributed by atoms with Gasteiger partial charge in [0.1, 0.15) is 0 Å². The summed E-state index contributed by atoms with van der Waals surface area (Å²) in [6.07, 6.45) is -4.49. The number of benzene rings is 1. The molecule has 1 atom stereocenters. The highest BCUT2D eigenvalue weighted by molar-refractivity contribution is 5.96. The average molecular weight is 291 g/mol. The Morgan fingerprint density at radius 2 is 1.85 bits per heavy atom. The van der Waals surface area contributed by atoms with Crippen molar-refractivity contribution < 1.29 is 32.6 Å². The fourth-order valence-electron chi connectivity index (χ4n) is 1.37. The molecule has 1 rings (SSSR count). The van der Waals surface area contributed by atoms with Crippen LogP contribution in [0.2, 0.25) is 0 Å². The molecule has 2 N–H and O–H groups in total. The van der Waals surface area contributed by atoms with Crippen LogP contribution in [0.4, 0.5) is 13.2 Å². The first-order valence-corrected chi connectivity index (χ1v) is 5.46. The van der Waals surface area contributed by atoms with E-state index in [4.69, 9.17) is 5.11 Å². The zero-order valence-corrected chi connectivity index (χ0v) is 10.4. The van der Waals surface area contributed by atoms with Crippen molar-refractivity contribution in [3.05, 3.63) is 35.4 Å². The third-order valence-electron chi connectivity index (χ3n) is 2.45. The number of hydrogen-bond donors (Lipinski definition) is 2. The minimum atomic E-state index is -4.49. The summed E-state index contributed by atoms with van der Waals surface area (Å²) < 4.78 is 41.4. The van der Waals surface area contributed by atoms with Gasteiger partial charge in [-0.3, -0.25) is 4.79 Å². The lowest BCUT2D eigenvalue weighted by molar-refractivity contribution is -0.143. The molecule has 1 aromatic carbocycles. The predicted octanol–water partition coefficient (Wildman–Crippen LogP) is 0.969. The predicted molar refractivity (Wildman–Crippen MR) is 61.8 cm³/mol. The van der Waals surface area contributed by atoms with E-state index in [1.54, 1.807) is 0 Å². The van der Waals surface area contributed by atoms with Gasteiger partial charge in [0, 0.05) is 5.56 Å². The Kier molecular flexibility index (Phi) is 5.09. The summed E-state index contributed by atoms with van der Waals surface area (Å²) in [4.78, 5) is 22.8. The number of hydrogen-bond acceptors (Lipinski definition) is 4. The maximum Gasteiger partial charge on any atom is 0.416 e. The number of halogens is 3. The van der Waals surface area contributed by atoms with E-state index >= 15 is 0 Å². The lowest BCUT2D eigenvalue weighted by Crippen LogP contribution is -2.44. The van der Waals surface area contributed by atoms with Gasteiger partial charge in [0.05, 0.1) is 19.3 Å². The Hall–Kier alpha value is -2.09. The number of methoxy groups -OCH3 is 1. The second-order valence-corrected chi connectivity index (χ2v) is 3.81. The summed E-state index contributed by atoms with van der Waals surface area (Å²) in [7, 11) is 1.08. The van der Waals surface area contributed by atoms with Crippen molar-refractivity contribution >= 4 is 11.9 Å². The van der Waals surface area contributed by atoms with E-state index in [0.29, 0.717) is 0 Å². The summed E-state index contributed by atoms with van der Waals surface area (Å²) in [5, 5.41) is 11.1. The summed E-state index contributed by atoms with van der Waals surface area (Å²) >= 11 is 0. The van der Waals surface area contributed by atoms with E-state index in [9.17, 15) is 22.8 Å². The number of ether oxygens (including phenoxy) is 1. The van der Waals surface area contributed by atoms with Crippen molar-refractivity contribution in [2.75, 3.05) is 13.7 Å². The Morgan fingerprint density at radius 1 is 1.30 bits per heavy atom. The quantitative estimate of drug-likeness (QED) is 0.811. The molecule has 1 aromatic rings. The molecule has 0 bridgehead atoms. The summed E-state index contributed by atoms with van der Waals surface area (Å²) in [5.74, 6) is -1.64. The zero-order chi connectivity index (χ0) is 15.3. The van der Waals surface area contributed by atoms with E-state index in [-0.39, 0.29) is 5.56 Å². The van der Waals surface area contributed by atoms with Crippen LogP contribution in [0, 0.1) is 0 Å². The molecule has 0 aliphatic heterocycles. The molecule has 0 saturated heterocycles. The van der Waals surface area contributed by atoms with Crippen molar-refractivity contribution in [3.8, 4) is 0 Å². The number of rotatable bonds is 4. The van der Waals surface area contributed by atoms with Gasteiger partial charge in [-0.15, -0.1) is 0 Å². The van der Waals surface area contributed by atoms with Crippen LogP contribution < -0.4 is 5.32 Å². The fourth-order valence-corrected chi connectivity index (χ4v) is 1.37. The first-order valence-electron chi connectivity index (χ1n) is 5.46. The van der Waals surface area contributed by atoms with Crippen molar-refractivity contribution in [1.29, 1.82) is 0 Å². The van der Waals surface area contributed by atoms with Crippen LogP contribution in [0.15, 0.2) is 24.3 Å². The molecule has 0 spiro atoms. The number of aliphatic hydroxyl groups is 1. The van der Waals surface area contributed by atoms with Gasteiger partial charge in [0.2, 0.25) is 0 Å². The number of amides is 1. The minimum Gasteiger partial charge on any atom is -0.467 e. The highest BCUT2D eigenvalue weighted by atomic mass is 19.4. The van der Waals surface area contributed by atoms with Crippen LogP contribution in [-0.2, 0) is 15.7 Å². The Bertz CT molecular complexity index is 484. The molecule has 0 radical (unpaired) electrons. The highest BCUT2D eigenvalue weighted by Gasteiger charge is 2.30. The van der Waals surface area contributed by atoms with Gasteiger partial charge in [-0.05, 0) is 24.3 Å². The van der Waals surface area contributed by atoms with E-state index in [1.165, 1.54) is 0 Å². The van der Waals surface area contributed by atoms with Crippen LogP contribution in [0.1, 0.15) is 15.9 Å². The second-order valence-electron chi connectivity index (χ2n) is 3.81. The topological polar surface area (TPSA) is 75.6 Å². The molecule has 8 heteroatoms. The molecule has 0 saturated carbocycles. The first-order chi connectivity index (χ1) is 9.29. The van der Waals surface area contributed by atoms with Crippen molar-refractivity contribution in [2.45, 2.75) is 12.2 Å². The third kappa shape index (κ3) is 3.95. The van der Waals surface area contributed by atoms with E-state index in [2.05, 4.69) is 10.1 Å². The van der Waals surface area contributed by atoms with Gasteiger partial charge in [-0.25, -0.2) is 4.79 Å². The van der Waals surface area contributed by atoms with E-state index in [0.717, 1.165) is 31.4 Å². The lowest BCUT2D eigenvalue weighted by atomic mass is 10.1. The Morgan fingerprint density at radius 3 is 2.25 bits per heavy atom.